The van der Waals surface area contributed by atoms with Crippen LogP contribution in [0.2, 0.25) is 0 Å². The van der Waals surface area contributed by atoms with E-state index in [1.54, 1.807) is 0 Å². The molecule has 3 heteroatoms. The van der Waals surface area contributed by atoms with Crippen molar-refractivity contribution in [3.05, 3.63) is 29.8 Å². The molecule has 3 nitrogen and oxygen atoms in total. The molecule has 2 unspecified atom stereocenters. The average molecular weight is 279 g/mol. The fraction of sp³-hybridized carbons (Fsp3) is 0.647. The van der Waals surface area contributed by atoms with E-state index in [2.05, 4.69) is 39.9 Å². The molecule has 2 N–H and O–H groups in total. The summed E-state index contributed by atoms with van der Waals surface area (Å²) in [6, 6.07) is 7.80. The molecule has 0 saturated heterocycles. The van der Waals surface area contributed by atoms with E-state index in [-0.39, 0.29) is 11.6 Å². The number of hydrogen-bond acceptors (Lipinski definition) is 3. The van der Waals surface area contributed by atoms with Crippen molar-refractivity contribution in [2.45, 2.75) is 65.1 Å². The molecule has 1 rings (SSSR count). The molecule has 20 heavy (non-hydrogen) atoms. The monoisotopic (exact) mass is 279 g/mol. The fourth-order valence-electron chi connectivity index (χ4n) is 2.17. The Hall–Kier alpha value is -1.06. The first-order chi connectivity index (χ1) is 9.37. The molecule has 0 aliphatic carbocycles. The van der Waals surface area contributed by atoms with Crippen LogP contribution in [0.5, 0.6) is 5.75 Å². The number of aliphatic hydroxyl groups excluding tert-OH is 1. The molecule has 1 aromatic rings. The molecule has 2 atom stereocenters. The van der Waals surface area contributed by atoms with Crippen LogP contribution in [-0.4, -0.2) is 23.3 Å². The first kappa shape index (κ1) is 17.0. The van der Waals surface area contributed by atoms with Gasteiger partial charge >= 0.3 is 0 Å². The van der Waals surface area contributed by atoms with Crippen molar-refractivity contribution in [1.82, 2.24) is 5.32 Å². The van der Waals surface area contributed by atoms with Crippen molar-refractivity contribution >= 4 is 0 Å². The summed E-state index contributed by atoms with van der Waals surface area (Å²) in [6.07, 6.45) is 1.38. The average Bonchev–Trinajstić information content (AvgIpc) is 2.41. The maximum Gasteiger partial charge on any atom is 0.119 e. The summed E-state index contributed by atoms with van der Waals surface area (Å²) in [6.45, 7) is 11.2. The second kappa shape index (κ2) is 7.65. The Morgan fingerprint density at radius 2 is 1.75 bits per heavy atom. The van der Waals surface area contributed by atoms with E-state index in [1.165, 1.54) is 0 Å². The van der Waals surface area contributed by atoms with Gasteiger partial charge in [0.15, 0.2) is 0 Å². The first-order valence-electron chi connectivity index (χ1n) is 7.56. The van der Waals surface area contributed by atoms with Crippen LogP contribution < -0.4 is 10.1 Å². The van der Waals surface area contributed by atoms with Crippen LogP contribution in [-0.2, 0) is 0 Å². The SMILES string of the molecule is CCCOc1ccc(C(O)C(CC)NC(C)(C)C)cc1. The van der Waals surface area contributed by atoms with Gasteiger partial charge in [-0.15, -0.1) is 0 Å². The van der Waals surface area contributed by atoms with Crippen LogP contribution in [0.15, 0.2) is 24.3 Å². The zero-order valence-electron chi connectivity index (χ0n) is 13.4. The molecule has 0 fully saturated rings. The zero-order valence-corrected chi connectivity index (χ0v) is 13.4. The van der Waals surface area contributed by atoms with Crippen molar-refractivity contribution in [3.8, 4) is 5.75 Å². The third kappa shape index (κ3) is 5.51. The fourth-order valence-corrected chi connectivity index (χ4v) is 2.17. The highest BCUT2D eigenvalue weighted by molar-refractivity contribution is 5.29. The lowest BCUT2D eigenvalue weighted by molar-refractivity contribution is 0.111. The maximum atomic E-state index is 10.5. The molecule has 0 radical (unpaired) electrons. The molecule has 0 aromatic heterocycles. The molecule has 114 valence electrons. The summed E-state index contributed by atoms with van der Waals surface area (Å²) in [5, 5.41) is 14.0. The molecule has 1 aromatic carbocycles. The maximum absolute atomic E-state index is 10.5. The van der Waals surface area contributed by atoms with Gasteiger partial charge in [-0.1, -0.05) is 26.0 Å². The van der Waals surface area contributed by atoms with Crippen LogP contribution >= 0.6 is 0 Å². The number of rotatable bonds is 7. The molecule has 0 heterocycles. The smallest absolute Gasteiger partial charge is 0.119 e. The van der Waals surface area contributed by atoms with Crippen molar-refractivity contribution in [2.75, 3.05) is 6.61 Å². The largest absolute Gasteiger partial charge is 0.494 e. The molecule has 0 aliphatic rings. The zero-order chi connectivity index (χ0) is 15.2. The molecular weight excluding hydrogens is 250 g/mol. The normalized spacial score (nSPS) is 14.9. The van der Waals surface area contributed by atoms with E-state index in [1.807, 2.05) is 24.3 Å². The van der Waals surface area contributed by atoms with Gasteiger partial charge < -0.3 is 15.2 Å². The lowest BCUT2D eigenvalue weighted by Gasteiger charge is -2.31. The number of hydrogen-bond donors (Lipinski definition) is 2. The Morgan fingerprint density at radius 1 is 1.15 bits per heavy atom. The number of nitrogens with one attached hydrogen (secondary N) is 1. The Kier molecular flexibility index (Phi) is 6.50. The lowest BCUT2D eigenvalue weighted by atomic mass is 9.97. The topological polar surface area (TPSA) is 41.5 Å². The third-order valence-electron chi connectivity index (χ3n) is 3.13. The second-order valence-corrected chi connectivity index (χ2v) is 6.27. The Labute approximate surface area is 123 Å². The van der Waals surface area contributed by atoms with Crippen molar-refractivity contribution in [3.63, 3.8) is 0 Å². The number of benzene rings is 1. The van der Waals surface area contributed by atoms with E-state index in [9.17, 15) is 5.11 Å². The first-order valence-corrected chi connectivity index (χ1v) is 7.56. The van der Waals surface area contributed by atoms with Gasteiger partial charge in [0.25, 0.3) is 0 Å². The highest BCUT2D eigenvalue weighted by Crippen LogP contribution is 2.23. The summed E-state index contributed by atoms with van der Waals surface area (Å²) in [4.78, 5) is 0. The lowest BCUT2D eigenvalue weighted by Crippen LogP contribution is -2.46. The molecular formula is C17H29NO2. The summed E-state index contributed by atoms with van der Waals surface area (Å²) in [5.74, 6) is 0.861. The van der Waals surface area contributed by atoms with Gasteiger partial charge in [-0.05, 0) is 51.3 Å². The highest BCUT2D eigenvalue weighted by Gasteiger charge is 2.23. The van der Waals surface area contributed by atoms with E-state index in [0.29, 0.717) is 0 Å². The predicted octanol–water partition coefficient (Wildman–Crippen LogP) is 3.68. The summed E-state index contributed by atoms with van der Waals surface area (Å²) >= 11 is 0. The van der Waals surface area contributed by atoms with Gasteiger partial charge in [-0.2, -0.15) is 0 Å². The van der Waals surface area contributed by atoms with Gasteiger partial charge in [0.1, 0.15) is 5.75 Å². The minimum Gasteiger partial charge on any atom is -0.494 e. The summed E-state index contributed by atoms with van der Waals surface area (Å²) in [7, 11) is 0. The summed E-state index contributed by atoms with van der Waals surface area (Å²) < 4.78 is 5.56. The van der Waals surface area contributed by atoms with Gasteiger partial charge in [0.05, 0.1) is 12.7 Å². The van der Waals surface area contributed by atoms with E-state index >= 15 is 0 Å². The standard InChI is InChI=1S/C17H29NO2/c1-6-12-20-14-10-8-13(9-11-14)16(19)15(7-2)18-17(3,4)5/h8-11,15-16,18-19H,6-7,12H2,1-5H3. The van der Waals surface area contributed by atoms with Crippen molar-refractivity contribution in [2.24, 2.45) is 0 Å². The molecule has 0 saturated carbocycles. The van der Waals surface area contributed by atoms with E-state index in [4.69, 9.17) is 4.74 Å². The van der Waals surface area contributed by atoms with Gasteiger partial charge in [0, 0.05) is 11.6 Å². The van der Waals surface area contributed by atoms with Crippen LogP contribution in [0, 0.1) is 0 Å². The molecule has 0 bridgehead atoms. The number of ether oxygens (including phenoxy) is 1. The Bertz CT molecular complexity index is 381. The van der Waals surface area contributed by atoms with E-state index < -0.39 is 6.10 Å². The Balaban J connectivity index is 2.72. The van der Waals surface area contributed by atoms with Crippen molar-refractivity contribution in [1.29, 1.82) is 0 Å². The third-order valence-corrected chi connectivity index (χ3v) is 3.13. The highest BCUT2D eigenvalue weighted by atomic mass is 16.5. The molecule has 0 spiro atoms. The second-order valence-electron chi connectivity index (χ2n) is 6.27. The van der Waals surface area contributed by atoms with Crippen molar-refractivity contribution < 1.29 is 9.84 Å². The quantitative estimate of drug-likeness (QED) is 0.800. The molecule has 0 aliphatic heterocycles. The summed E-state index contributed by atoms with van der Waals surface area (Å²) in [5.41, 5.74) is 0.920. The minimum absolute atomic E-state index is 0.00810. The van der Waals surface area contributed by atoms with Crippen LogP contribution in [0.1, 0.15) is 59.1 Å². The van der Waals surface area contributed by atoms with Gasteiger partial charge in [0.2, 0.25) is 0 Å². The van der Waals surface area contributed by atoms with Gasteiger partial charge in [-0.3, -0.25) is 0 Å². The molecule has 0 amide bonds. The Morgan fingerprint density at radius 3 is 2.20 bits per heavy atom. The van der Waals surface area contributed by atoms with E-state index in [0.717, 1.165) is 30.8 Å². The van der Waals surface area contributed by atoms with Gasteiger partial charge in [-0.25, -0.2) is 0 Å². The van der Waals surface area contributed by atoms with Crippen LogP contribution in [0.25, 0.3) is 0 Å². The van der Waals surface area contributed by atoms with Crippen LogP contribution in [0.3, 0.4) is 0 Å². The number of aliphatic hydroxyl groups is 1. The predicted molar refractivity (Wildman–Crippen MR) is 84.2 cm³/mol. The minimum atomic E-state index is -0.501. The van der Waals surface area contributed by atoms with Crippen LogP contribution in [0.4, 0.5) is 0 Å².